The van der Waals surface area contributed by atoms with E-state index < -0.39 is 6.10 Å². The van der Waals surface area contributed by atoms with Gasteiger partial charge in [-0.3, -0.25) is 14.4 Å². The van der Waals surface area contributed by atoms with Crippen LogP contribution in [0.2, 0.25) is 0 Å². The van der Waals surface area contributed by atoms with Gasteiger partial charge in [-0.2, -0.15) is 0 Å². The molecule has 0 aromatic carbocycles. The normalized spacial score (nSPS) is 13.0. The Balaban J connectivity index is 4.26. The van der Waals surface area contributed by atoms with Crippen LogP contribution in [-0.2, 0) is 28.6 Å². The molecule has 6 nitrogen and oxygen atoms in total. The van der Waals surface area contributed by atoms with Gasteiger partial charge in [0.2, 0.25) is 0 Å². The highest BCUT2D eigenvalue weighted by atomic mass is 16.6. The molecule has 0 amide bonds. The first kappa shape index (κ1) is 57.4. The van der Waals surface area contributed by atoms with E-state index in [1.54, 1.807) is 0 Å². The monoisotopic (exact) mass is 835 g/mol. The van der Waals surface area contributed by atoms with E-state index in [1.807, 2.05) is 0 Å². The van der Waals surface area contributed by atoms with Crippen molar-refractivity contribution in [2.75, 3.05) is 13.2 Å². The molecule has 0 aromatic rings. The predicted octanol–water partition coefficient (Wildman–Crippen LogP) is 16.9. The van der Waals surface area contributed by atoms with Crippen molar-refractivity contribution in [3.8, 4) is 0 Å². The molecule has 0 rings (SSSR count). The first-order valence-corrected chi connectivity index (χ1v) is 26.3. The van der Waals surface area contributed by atoms with E-state index in [0.717, 1.165) is 69.6 Å². The van der Waals surface area contributed by atoms with Crippen LogP contribution in [0.4, 0.5) is 0 Å². The van der Waals surface area contributed by atoms with Crippen LogP contribution in [0.1, 0.15) is 291 Å². The zero-order chi connectivity index (χ0) is 43.3. The Hall–Kier alpha value is -1.59. The summed E-state index contributed by atoms with van der Waals surface area (Å²) < 4.78 is 16.8. The molecule has 0 aromatic heterocycles. The molecule has 0 aliphatic heterocycles. The Morgan fingerprint density at radius 3 is 0.881 bits per heavy atom. The number of carbonyl (C=O) groups excluding carboxylic acids is 3. The van der Waals surface area contributed by atoms with Crippen molar-refractivity contribution >= 4 is 17.9 Å². The highest BCUT2D eigenvalue weighted by Gasteiger charge is 2.19. The quantitative estimate of drug-likeness (QED) is 0.0345. The summed E-state index contributed by atoms with van der Waals surface area (Å²) in [5.41, 5.74) is 0. The van der Waals surface area contributed by atoms with Gasteiger partial charge in [0.1, 0.15) is 13.2 Å². The van der Waals surface area contributed by atoms with Gasteiger partial charge in [-0.05, 0) is 31.1 Å². The summed E-state index contributed by atoms with van der Waals surface area (Å²) in [5.74, 6) is 0.855. The van der Waals surface area contributed by atoms with Crippen molar-refractivity contribution in [2.45, 2.75) is 298 Å². The summed E-state index contributed by atoms with van der Waals surface area (Å²) in [6, 6.07) is 0. The molecular weight excluding hydrogens is 733 g/mol. The Bertz CT molecular complexity index is 904. The second-order valence-corrected chi connectivity index (χ2v) is 18.6. The minimum Gasteiger partial charge on any atom is -0.462 e. The van der Waals surface area contributed by atoms with Crippen molar-refractivity contribution in [3.63, 3.8) is 0 Å². The van der Waals surface area contributed by atoms with Gasteiger partial charge >= 0.3 is 17.9 Å². The maximum Gasteiger partial charge on any atom is 0.306 e. The molecule has 0 radical (unpaired) electrons. The van der Waals surface area contributed by atoms with Crippen LogP contribution in [0.5, 0.6) is 0 Å². The first-order chi connectivity index (χ1) is 28.8. The molecule has 0 aliphatic rings. The summed E-state index contributed by atoms with van der Waals surface area (Å²) in [5, 5.41) is 0. The number of unbranched alkanes of at least 4 members (excludes halogenated alkanes) is 30. The molecule has 3 atom stereocenters. The minimum absolute atomic E-state index is 0.0645. The van der Waals surface area contributed by atoms with Gasteiger partial charge in [0.15, 0.2) is 6.10 Å². The van der Waals surface area contributed by atoms with Crippen LogP contribution in [0.25, 0.3) is 0 Å². The molecule has 0 saturated heterocycles. The Morgan fingerprint density at radius 2 is 0.593 bits per heavy atom. The summed E-state index contributed by atoms with van der Waals surface area (Å²) in [7, 11) is 0. The Labute approximate surface area is 368 Å². The fourth-order valence-corrected chi connectivity index (χ4v) is 7.93. The Kier molecular flexibility index (Phi) is 44.7. The van der Waals surface area contributed by atoms with Gasteiger partial charge in [0.25, 0.3) is 0 Å². The van der Waals surface area contributed by atoms with Crippen LogP contribution >= 0.6 is 0 Å². The van der Waals surface area contributed by atoms with E-state index in [1.165, 1.54) is 180 Å². The molecule has 0 saturated carbocycles. The molecular formula is C53H102O6. The zero-order valence-corrected chi connectivity index (χ0v) is 40.4. The second-order valence-electron chi connectivity index (χ2n) is 18.6. The minimum atomic E-state index is -0.762. The lowest BCUT2D eigenvalue weighted by molar-refractivity contribution is -0.167. The number of ether oxygens (including phenoxy) is 3. The molecule has 350 valence electrons. The van der Waals surface area contributed by atoms with Crippen LogP contribution in [0.3, 0.4) is 0 Å². The van der Waals surface area contributed by atoms with E-state index >= 15 is 0 Å². The molecule has 2 unspecified atom stereocenters. The molecule has 59 heavy (non-hydrogen) atoms. The van der Waals surface area contributed by atoms with Crippen LogP contribution in [-0.4, -0.2) is 37.2 Å². The third kappa shape index (κ3) is 44.3. The lowest BCUT2D eigenvalue weighted by Gasteiger charge is -2.18. The van der Waals surface area contributed by atoms with Gasteiger partial charge in [0.05, 0.1) is 0 Å². The zero-order valence-electron chi connectivity index (χ0n) is 40.4. The SMILES string of the molecule is CCCCCCCCCCCCCCCC(=O)OC[C@H](COC(=O)CCCCCCCCCCCCCCCCC(C)CC)OC(=O)CCCCCCCCC(C)CC. The molecule has 0 spiro atoms. The average Bonchev–Trinajstić information content (AvgIpc) is 3.23. The van der Waals surface area contributed by atoms with Gasteiger partial charge in [-0.15, -0.1) is 0 Å². The molecule has 0 N–H and O–H groups in total. The van der Waals surface area contributed by atoms with Gasteiger partial charge < -0.3 is 14.2 Å². The summed E-state index contributed by atoms with van der Waals surface area (Å²) in [6.07, 6.45) is 46.5. The fourth-order valence-electron chi connectivity index (χ4n) is 7.93. The highest BCUT2D eigenvalue weighted by Crippen LogP contribution is 2.18. The summed E-state index contributed by atoms with van der Waals surface area (Å²) in [6.45, 7) is 11.4. The molecule has 6 heteroatoms. The number of hydrogen-bond acceptors (Lipinski definition) is 6. The van der Waals surface area contributed by atoms with E-state index in [-0.39, 0.29) is 31.1 Å². The predicted molar refractivity (Wildman–Crippen MR) is 252 cm³/mol. The summed E-state index contributed by atoms with van der Waals surface area (Å²) >= 11 is 0. The summed E-state index contributed by atoms with van der Waals surface area (Å²) in [4.78, 5) is 37.9. The standard InChI is InChI=1S/C53H102O6/c1-6-9-10-11-12-13-14-17-21-24-27-33-38-43-51(54)57-46-50(59-53(56)45-40-35-30-29-32-37-42-49(5)8-3)47-58-52(55)44-39-34-28-25-22-19-16-15-18-20-23-26-31-36-41-48(4)7-2/h48-50H,6-47H2,1-5H3/t48?,49?,50-/m1/s1. The van der Waals surface area contributed by atoms with Crippen LogP contribution in [0.15, 0.2) is 0 Å². The second kappa shape index (κ2) is 45.9. The van der Waals surface area contributed by atoms with Crippen LogP contribution in [0, 0.1) is 11.8 Å². The first-order valence-electron chi connectivity index (χ1n) is 26.3. The van der Waals surface area contributed by atoms with Crippen LogP contribution < -0.4 is 0 Å². The van der Waals surface area contributed by atoms with E-state index in [0.29, 0.717) is 19.3 Å². The average molecular weight is 835 g/mol. The largest absolute Gasteiger partial charge is 0.462 e. The van der Waals surface area contributed by atoms with Gasteiger partial charge in [-0.1, -0.05) is 253 Å². The molecule has 0 aliphatic carbocycles. The number of carbonyl (C=O) groups is 3. The highest BCUT2D eigenvalue weighted by molar-refractivity contribution is 5.71. The maximum atomic E-state index is 12.7. The van der Waals surface area contributed by atoms with Crippen molar-refractivity contribution in [3.05, 3.63) is 0 Å². The van der Waals surface area contributed by atoms with Gasteiger partial charge in [-0.25, -0.2) is 0 Å². The third-order valence-electron chi connectivity index (χ3n) is 12.7. The molecule has 0 fully saturated rings. The van der Waals surface area contributed by atoms with E-state index in [4.69, 9.17) is 14.2 Å². The third-order valence-corrected chi connectivity index (χ3v) is 12.7. The fraction of sp³-hybridized carbons (Fsp3) is 0.943. The lowest BCUT2D eigenvalue weighted by atomic mass is 9.99. The smallest absolute Gasteiger partial charge is 0.306 e. The van der Waals surface area contributed by atoms with Crippen molar-refractivity contribution in [2.24, 2.45) is 11.8 Å². The topological polar surface area (TPSA) is 78.9 Å². The van der Waals surface area contributed by atoms with Gasteiger partial charge in [0, 0.05) is 19.3 Å². The number of rotatable bonds is 47. The van der Waals surface area contributed by atoms with E-state index in [9.17, 15) is 14.4 Å². The van der Waals surface area contributed by atoms with E-state index in [2.05, 4.69) is 34.6 Å². The number of hydrogen-bond donors (Lipinski definition) is 0. The maximum absolute atomic E-state index is 12.7. The molecule has 0 heterocycles. The van der Waals surface area contributed by atoms with Crippen molar-refractivity contribution in [1.82, 2.24) is 0 Å². The lowest BCUT2D eigenvalue weighted by Crippen LogP contribution is -2.30. The number of esters is 3. The molecule has 0 bridgehead atoms. The van der Waals surface area contributed by atoms with Crippen molar-refractivity contribution < 1.29 is 28.6 Å². The van der Waals surface area contributed by atoms with Crippen molar-refractivity contribution in [1.29, 1.82) is 0 Å². The Morgan fingerprint density at radius 1 is 0.339 bits per heavy atom.